The Morgan fingerprint density at radius 2 is 1.36 bits per heavy atom. The fourth-order valence-electron chi connectivity index (χ4n) is 5.37. The van der Waals surface area contributed by atoms with Gasteiger partial charge in [-0.05, 0) is 44.9 Å². The van der Waals surface area contributed by atoms with Crippen LogP contribution >= 0.6 is 0 Å². The van der Waals surface area contributed by atoms with Crippen LogP contribution in [0.5, 0.6) is 0 Å². The number of imide groups is 1. The number of fused-ring (bicyclic) bond motifs is 1. The predicted molar refractivity (Wildman–Crippen MR) is 186 cm³/mol. The van der Waals surface area contributed by atoms with Crippen molar-refractivity contribution in [3.8, 4) is 0 Å². The summed E-state index contributed by atoms with van der Waals surface area (Å²) < 4.78 is 26.0. The van der Waals surface area contributed by atoms with Crippen molar-refractivity contribution in [2.45, 2.75) is 77.7 Å². The smallest absolute Gasteiger partial charge is 0.331 e. The summed E-state index contributed by atoms with van der Waals surface area (Å²) in [4.78, 5) is 104. The van der Waals surface area contributed by atoms with Crippen LogP contribution in [0, 0.1) is 11.8 Å². The van der Waals surface area contributed by atoms with Gasteiger partial charge >= 0.3 is 23.9 Å². The first-order valence-electron chi connectivity index (χ1n) is 17.0. The Hall–Kier alpha value is -5.44. The molecule has 15 heteroatoms. The molecule has 0 saturated carbocycles. The fraction of sp³-hybridized carbons (Fsp3) is 0.474. The molecule has 1 heterocycles. The first-order valence-corrected chi connectivity index (χ1v) is 17.0. The molecule has 1 aliphatic rings. The van der Waals surface area contributed by atoms with Crippen LogP contribution in [0.15, 0.2) is 54.6 Å². The van der Waals surface area contributed by atoms with Crippen molar-refractivity contribution in [2.24, 2.45) is 11.8 Å². The summed E-state index contributed by atoms with van der Waals surface area (Å²) in [5.74, 6) is -7.75. The van der Waals surface area contributed by atoms with Crippen LogP contribution in [-0.2, 0) is 59.1 Å². The normalized spacial score (nSPS) is 14.6. The van der Waals surface area contributed by atoms with Crippen LogP contribution in [-0.4, -0.2) is 97.4 Å². The number of hydrogen-bond acceptors (Lipinski definition) is 13. The summed E-state index contributed by atoms with van der Waals surface area (Å²) in [6, 6.07) is 12.1. The van der Waals surface area contributed by atoms with E-state index in [9.17, 15) is 38.4 Å². The molecule has 286 valence electrons. The summed E-state index contributed by atoms with van der Waals surface area (Å²) in [5, 5.41) is 2.57. The molecule has 0 aliphatic carbocycles. The molecule has 0 unspecified atom stereocenters. The molecule has 4 atom stereocenters. The van der Waals surface area contributed by atoms with Gasteiger partial charge in [0.2, 0.25) is 5.91 Å². The second-order valence-corrected chi connectivity index (χ2v) is 13.4. The Balaban J connectivity index is 1.65. The monoisotopic (exact) mass is 738 g/mol. The number of hydrogen-bond donors (Lipinski definition) is 1. The standard InChI is InChI=1S/C38H46N2O13/c1-23(18-31(42)53-38(2,3)4)32(43)39-29(36(47)52-20-24-12-8-7-9-13-24)17-16-26(41)19-25(35(46)49-5)21-51-22-30(37(48)50-6)40-33(44)27-14-10-11-15-28(27)34(40)45/h7-15,23,25,29-30H,16-22H2,1-6H3,(H,39,43)/t23-,25+,29-,30-/m1/s1. The number of esters is 4. The molecule has 0 fully saturated rings. The Kier molecular flexibility index (Phi) is 15.4. The highest BCUT2D eigenvalue weighted by Crippen LogP contribution is 2.25. The Labute approximate surface area is 307 Å². The maximum absolute atomic E-state index is 13.2. The van der Waals surface area contributed by atoms with Crippen LogP contribution in [0.3, 0.4) is 0 Å². The number of ether oxygens (including phenoxy) is 5. The lowest BCUT2D eigenvalue weighted by Gasteiger charge is -2.24. The van der Waals surface area contributed by atoms with E-state index in [1.807, 2.05) is 0 Å². The molecule has 3 amide bonds. The van der Waals surface area contributed by atoms with Crippen LogP contribution in [0.2, 0.25) is 0 Å². The summed E-state index contributed by atoms with van der Waals surface area (Å²) >= 11 is 0. The van der Waals surface area contributed by atoms with E-state index < -0.39 is 96.5 Å². The average Bonchev–Trinajstić information content (AvgIpc) is 3.37. The van der Waals surface area contributed by atoms with Gasteiger partial charge in [-0.25, -0.2) is 9.59 Å². The number of nitrogens with one attached hydrogen (secondary N) is 1. The molecular weight excluding hydrogens is 692 g/mol. The second-order valence-electron chi connectivity index (χ2n) is 13.4. The van der Waals surface area contributed by atoms with Crippen LogP contribution in [0.1, 0.15) is 79.7 Å². The van der Waals surface area contributed by atoms with E-state index in [-0.39, 0.29) is 37.0 Å². The molecule has 0 bridgehead atoms. The van der Waals surface area contributed by atoms with Crippen molar-refractivity contribution in [1.82, 2.24) is 10.2 Å². The van der Waals surface area contributed by atoms with Crippen molar-refractivity contribution < 1.29 is 62.0 Å². The molecule has 2 aromatic rings. The van der Waals surface area contributed by atoms with Gasteiger partial charge < -0.3 is 29.0 Å². The first-order chi connectivity index (χ1) is 25.1. The van der Waals surface area contributed by atoms with E-state index in [2.05, 4.69) is 5.32 Å². The molecule has 1 aliphatic heterocycles. The fourth-order valence-corrected chi connectivity index (χ4v) is 5.37. The van der Waals surface area contributed by atoms with Gasteiger partial charge in [0.05, 0.1) is 50.9 Å². The largest absolute Gasteiger partial charge is 0.469 e. The third kappa shape index (κ3) is 12.3. The lowest BCUT2D eigenvalue weighted by Crippen LogP contribution is -2.48. The number of benzene rings is 2. The number of ketones is 1. The molecule has 53 heavy (non-hydrogen) atoms. The quantitative estimate of drug-likeness (QED) is 0.126. The van der Waals surface area contributed by atoms with Gasteiger partial charge in [-0.2, -0.15) is 0 Å². The van der Waals surface area contributed by atoms with Gasteiger partial charge in [-0.15, -0.1) is 0 Å². The van der Waals surface area contributed by atoms with Crippen molar-refractivity contribution in [1.29, 1.82) is 0 Å². The highest BCUT2D eigenvalue weighted by Gasteiger charge is 2.43. The van der Waals surface area contributed by atoms with Gasteiger partial charge in [0.1, 0.15) is 24.0 Å². The van der Waals surface area contributed by atoms with Gasteiger partial charge in [-0.3, -0.25) is 33.7 Å². The molecule has 0 aromatic heterocycles. The molecule has 3 rings (SSSR count). The van der Waals surface area contributed by atoms with Crippen molar-refractivity contribution in [3.63, 3.8) is 0 Å². The predicted octanol–water partition coefficient (Wildman–Crippen LogP) is 2.97. The Bertz CT molecular complexity index is 1630. The summed E-state index contributed by atoms with van der Waals surface area (Å²) in [6.45, 7) is 5.51. The Morgan fingerprint density at radius 3 is 1.92 bits per heavy atom. The van der Waals surface area contributed by atoms with Crippen molar-refractivity contribution in [3.05, 3.63) is 71.3 Å². The first kappa shape index (κ1) is 42.0. The van der Waals surface area contributed by atoms with Crippen molar-refractivity contribution in [2.75, 3.05) is 27.4 Å². The number of Topliss-reactive ketones (excluding diaryl/α,β-unsaturated/α-hetero) is 1. The van der Waals surface area contributed by atoms with E-state index in [1.54, 1.807) is 63.2 Å². The number of nitrogens with zero attached hydrogens (tertiary/aromatic N) is 1. The lowest BCUT2D eigenvalue weighted by atomic mass is 9.98. The van der Waals surface area contributed by atoms with Gasteiger partial charge in [-0.1, -0.05) is 49.4 Å². The highest BCUT2D eigenvalue weighted by molar-refractivity contribution is 6.22. The zero-order valence-electron chi connectivity index (χ0n) is 30.7. The van der Waals surface area contributed by atoms with Crippen LogP contribution in [0.4, 0.5) is 0 Å². The number of carbonyl (C=O) groups excluding carboxylic acids is 8. The zero-order chi connectivity index (χ0) is 39.3. The van der Waals surface area contributed by atoms with Gasteiger partial charge in [0.25, 0.3) is 11.8 Å². The number of amides is 3. The average molecular weight is 739 g/mol. The third-order valence-corrected chi connectivity index (χ3v) is 8.09. The third-order valence-electron chi connectivity index (χ3n) is 8.09. The SMILES string of the molecule is COC(=O)[C@H](COC[C@H](C(=O)OC)N1C(=O)c2ccccc2C1=O)CC(=O)CC[C@@H](NC(=O)[C@H](C)CC(=O)OC(C)(C)C)C(=O)OCc1ccccc1. The topological polar surface area (TPSA) is 198 Å². The summed E-state index contributed by atoms with van der Waals surface area (Å²) in [7, 11) is 2.20. The Morgan fingerprint density at radius 1 is 0.774 bits per heavy atom. The van der Waals surface area contributed by atoms with E-state index in [4.69, 9.17) is 23.7 Å². The molecule has 0 radical (unpaired) electrons. The minimum Gasteiger partial charge on any atom is -0.469 e. The summed E-state index contributed by atoms with van der Waals surface area (Å²) in [6.07, 6.45) is -1.13. The number of methoxy groups -OCH3 is 2. The second kappa shape index (κ2) is 19.4. The highest BCUT2D eigenvalue weighted by atomic mass is 16.6. The van der Waals surface area contributed by atoms with Gasteiger partial charge in [0, 0.05) is 18.8 Å². The minimum absolute atomic E-state index is 0.0948. The van der Waals surface area contributed by atoms with Crippen molar-refractivity contribution >= 4 is 47.4 Å². The van der Waals surface area contributed by atoms with E-state index >= 15 is 0 Å². The maximum Gasteiger partial charge on any atom is 0.331 e. The molecule has 15 nitrogen and oxygen atoms in total. The number of carbonyl (C=O) groups is 8. The minimum atomic E-state index is -1.48. The summed E-state index contributed by atoms with van der Waals surface area (Å²) in [5.41, 5.74) is 0.158. The zero-order valence-corrected chi connectivity index (χ0v) is 30.7. The molecular formula is C38H46N2O13. The van der Waals surface area contributed by atoms with Crippen LogP contribution < -0.4 is 5.32 Å². The van der Waals surface area contributed by atoms with Crippen LogP contribution in [0.25, 0.3) is 0 Å². The van der Waals surface area contributed by atoms with Gasteiger partial charge in [0.15, 0.2) is 6.04 Å². The molecule has 0 spiro atoms. The lowest BCUT2D eigenvalue weighted by molar-refractivity contribution is -0.157. The van der Waals surface area contributed by atoms with E-state index in [1.165, 1.54) is 19.1 Å². The molecule has 1 N–H and O–H groups in total. The van der Waals surface area contributed by atoms with E-state index in [0.717, 1.165) is 19.1 Å². The number of rotatable bonds is 19. The van der Waals surface area contributed by atoms with E-state index in [0.29, 0.717) is 5.56 Å². The molecule has 2 aromatic carbocycles. The maximum atomic E-state index is 13.2. The molecule has 0 saturated heterocycles.